The summed E-state index contributed by atoms with van der Waals surface area (Å²) in [5, 5.41) is 7.83. The van der Waals surface area contributed by atoms with Gasteiger partial charge in [0.2, 0.25) is 10.0 Å². The van der Waals surface area contributed by atoms with Crippen LogP contribution in [0.4, 0.5) is 5.69 Å². The molecule has 0 fully saturated rings. The van der Waals surface area contributed by atoms with Crippen LogP contribution in [0.25, 0.3) is 0 Å². The van der Waals surface area contributed by atoms with Gasteiger partial charge in [-0.05, 0) is 42.9 Å². The van der Waals surface area contributed by atoms with Crippen LogP contribution in [0, 0.1) is 6.92 Å². The summed E-state index contributed by atoms with van der Waals surface area (Å²) >= 11 is 4.67. The van der Waals surface area contributed by atoms with Crippen LogP contribution in [0.15, 0.2) is 23.1 Å². The Morgan fingerprint density at radius 1 is 1.47 bits per heavy atom. The first-order chi connectivity index (χ1) is 6.80. The maximum Gasteiger partial charge on any atom is 0.238 e. The highest BCUT2D eigenvalue weighted by atomic mass is 32.2. The second-order valence-corrected chi connectivity index (χ2v) is 5.01. The molecule has 0 aliphatic rings. The molecule has 0 aliphatic carbocycles. The predicted molar refractivity (Wildman–Crippen MR) is 63.0 cm³/mol. The van der Waals surface area contributed by atoms with E-state index in [-0.39, 0.29) is 10.0 Å². The molecule has 15 heavy (non-hydrogen) atoms. The zero-order valence-corrected chi connectivity index (χ0v) is 9.65. The van der Waals surface area contributed by atoms with Crippen molar-refractivity contribution < 1.29 is 8.42 Å². The van der Waals surface area contributed by atoms with Gasteiger partial charge in [0, 0.05) is 5.69 Å². The summed E-state index contributed by atoms with van der Waals surface area (Å²) in [7, 11) is -3.66. The van der Waals surface area contributed by atoms with E-state index in [1.165, 1.54) is 12.1 Å². The van der Waals surface area contributed by atoms with Gasteiger partial charge in [0.25, 0.3) is 0 Å². The van der Waals surface area contributed by atoms with Crippen molar-refractivity contribution in [3.63, 3.8) is 0 Å². The first-order valence-electron chi connectivity index (χ1n) is 4.00. The van der Waals surface area contributed by atoms with E-state index < -0.39 is 10.0 Å². The molecule has 5 N–H and O–H groups in total. The molecule has 0 bridgehead atoms. The van der Waals surface area contributed by atoms with Gasteiger partial charge in [-0.25, -0.2) is 13.6 Å². The highest BCUT2D eigenvalue weighted by Gasteiger charge is 2.09. The van der Waals surface area contributed by atoms with Gasteiger partial charge in [0.1, 0.15) is 0 Å². The van der Waals surface area contributed by atoms with Crippen molar-refractivity contribution in [2.45, 2.75) is 11.8 Å². The Labute approximate surface area is 93.5 Å². The summed E-state index contributed by atoms with van der Waals surface area (Å²) in [4.78, 5) is 0.0634. The van der Waals surface area contributed by atoms with Crippen molar-refractivity contribution in [3.8, 4) is 0 Å². The molecule has 0 saturated heterocycles. The van der Waals surface area contributed by atoms with Crippen LogP contribution in [0.5, 0.6) is 0 Å². The number of sulfonamides is 1. The van der Waals surface area contributed by atoms with Gasteiger partial charge in [-0.1, -0.05) is 0 Å². The number of anilines is 1. The van der Waals surface area contributed by atoms with Crippen LogP contribution in [0.2, 0.25) is 0 Å². The predicted octanol–water partition coefficient (Wildman–Crippen LogP) is 0.298. The summed E-state index contributed by atoms with van der Waals surface area (Å²) in [6.07, 6.45) is 0. The number of thiocarbonyl (C=S) groups is 1. The van der Waals surface area contributed by atoms with E-state index >= 15 is 0 Å². The van der Waals surface area contributed by atoms with E-state index in [9.17, 15) is 8.42 Å². The molecule has 0 aliphatic heterocycles. The van der Waals surface area contributed by atoms with Crippen LogP contribution in [0.3, 0.4) is 0 Å². The molecule has 0 radical (unpaired) electrons. The minimum absolute atomic E-state index is 0.0634. The van der Waals surface area contributed by atoms with Gasteiger partial charge in [-0.3, -0.25) is 0 Å². The van der Waals surface area contributed by atoms with E-state index in [0.717, 1.165) is 0 Å². The molecule has 82 valence electrons. The van der Waals surface area contributed by atoms with Crippen molar-refractivity contribution in [2.24, 2.45) is 10.9 Å². The Kier molecular flexibility index (Phi) is 3.28. The molecule has 1 aromatic rings. The summed E-state index contributed by atoms with van der Waals surface area (Å²) in [5.41, 5.74) is 6.66. The first kappa shape index (κ1) is 11.9. The monoisotopic (exact) mass is 245 g/mol. The van der Waals surface area contributed by atoms with Crippen LogP contribution in [0.1, 0.15) is 5.56 Å². The number of nitrogens with two attached hydrogens (primary N) is 2. The number of nitrogens with one attached hydrogen (secondary N) is 1. The molecule has 7 heteroatoms. The van der Waals surface area contributed by atoms with Crippen molar-refractivity contribution in [2.75, 3.05) is 5.32 Å². The fourth-order valence-corrected chi connectivity index (χ4v) is 1.79. The number of hydrogen-bond acceptors (Lipinski definition) is 3. The maximum atomic E-state index is 11.0. The lowest BCUT2D eigenvalue weighted by Gasteiger charge is -2.08. The molecule has 0 heterocycles. The summed E-state index contributed by atoms with van der Waals surface area (Å²) in [6, 6.07) is 4.41. The highest BCUT2D eigenvalue weighted by Crippen LogP contribution is 2.18. The zero-order valence-electron chi connectivity index (χ0n) is 8.02. The largest absolute Gasteiger partial charge is 0.376 e. The van der Waals surface area contributed by atoms with E-state index in [0.29, 0.717) is 11.3 Å². The minimum Gasteiger partial charge on any atom is -0.376 e. The molecule has 5 nitrogen and oxygen atoms in total. The average molecular weight is 245 g/mol. The molecule has 0 amide bonds. The van der Waals surface area contributed by atoms with Crippen LogP contribution in [-0.2, 0) is 10.0 Å². The number of benzene rings is 1. The Balaban J connectivity index is 3.15. The summed E-state index contributed by atoms with van der Waals surface area (Å²) < 4.78 is 22.1. The lowest BCUT2D eigenvalue weighted by atomic mass is 10.2. The third kappa shape index (κ3) is 3.15. The molecule has 0 spiro atoms. The summed E-state index contributed by atoms with van der Waals surface area (Å²) in [5.74, 6) is 0. The third-order valence-corrected chi connectivity index (χ3v) is 2.80. The van der Waals surface area contributed by atoms with E-state index in [1.54, 1.807) is 13.0 Å². The van der Waals surface area contributed by atoms with E-state index in [4.69, 9.17) is 10.9 Å². The third-order valence-electron chi connectivity index (χ3n) is 1.78. The SMILES string of the molecule is Cc1cc(S(N)(=O)=O)ccc1NC(N)=S. The highest BCUT2D eigenvalue weighted by molar-refractivity contribution is 7.89. The quantitative estimate of drug-likeness (QED) is 0.651. The number of aryl methyl sites for hydroxylation is 1. The second kappa shape index (κ2) is 4.13. The van der Waals surface area contributed by atoms with Crippen LogP contribution in [-0.4, -0.2) is 13.5 Å². The number of primary sulfonamides is 1. The smallest absolute Gasteiger partial charge is 0.238 e. The normalized spacial score (nSPS) is 11.1. The molecule has 0 aromatic heterocycles. The van der Waals surface area contributed by atoms with E-state index in [1.807, 2.05) is 0 Å². The van der Waals surface area contributed by atoms with Gasteiger partial charge >= 0.3 is 0 Å². The van der Waals surface area contributed by atoms with Gasteiger partial charge in [0.15, 0.2) is 5.11 Å². The lowest BCUT2D eigenvalue weighted by molar-refractivity contribution is 0.597. The fourth-order valence-electron chi connectivity index (χ4n) is 1.09. The molecule has 1 rings (SSSR count). The second-order valence-electron chi connectivity index (χ2n) is 3.01. The summed E-state index contributed by atoms with van der Waals surface area (Å²) in [6.45, 7) is 1.73. The zero-order chi connectivity index (χ0) is 11.6. The number of rotatable bonds is 2. The van der Waals surface area contributed by atoms with Crippen LogP contribution < -0.4 is 16.2 Å². The maximum absolute atomic E-state index is 11.0. The molecule has 0 saturated carbocycles. The van der Waals surface area contributed by atoms with Crippen molar-refractivity contribution in [1.29, 1.82) is 0 Å². The van der Waals surface area contributed by atoms with Gasteiger partial charge in [-0.2, -0.15) is 0 Å². The Hall–Kier alpha value is -1.18. The van der Waals surface area contributed by atoms with Crippen molar-refractivity contribution >= 4 is 33.0 Å². The Morgan fingerprint density at radius 2 is 2.07 bits per heavy atom. The fraction of sp³-hybridized carbons (Fsp3) is 0.125. The topological polar surface area (TPSA) is 98.2 Å². The number of hydrogen-bond donors (Lipinski definition) is 3. The molecule has 0 unspecified atom stereocenters. The van der Waals surface area contributed by atoms with Crippen LogP contribution >= 0.6 is 12.2 Å². The lowest BCUT2D eigenvalue weighted by Crippen LogP contribution is -2.20. The molecular weight excluding hydrogens is 234 g/mol. The Bertz CT molecular complexity index is 497. The molecule has 0 atom stereocenters. The Morgan fingerprint density at radius 3 is 2.47 bits per heavy atom. The standard InChI is InChI=1S/C8H11N3O2S2/c1-5-4-6(15(10,12)13)2-3-7(5)11-8(9)14/h2-4H,1H3,(H3,9,11,14)(H2,10,12,13). The van der Waals surface area contributed by atoms with Crippen molar-refractivity contribution in [1.82, 2.24) is 0 Å². The average Bonchev–Trinajstić information content (AvgIpc) is 2.05. The minimum atomic E-state index is -3.66. The van der Waals surface area contributed by atoms with E-state index in [2.05, 4.69) is 17.5 Å². The van der Waals surface area contributed by atoms with Crippen molar-refractivity contribution in [3.05, 3.63) is 23.8 Å². The first-order valence-corrected chi connectivity index (χ1v) is 5.96. The van der Waals surface area contributed by atoms with Gasteiger partial charge in [-0.15, -0.1) is 0 Å². The van der Waals surface area contributed by atoms with Gasteiger partial charge < -0.3 is 11.1 Å². The molecule has 1 aromatic carbocycles. The molecular formula is C8H11N3O2S2. The van der Waals surface area contributed by atoms with Gasteiger partial charge in [0.05, 0.1) is 4.90 Å².